The van der Waals surface area contributed by atoms with Crippen LogP contribution < -0.4 is 11.1 Å². The van der Waals surface area contributed by atoms with E-state index in [2.05, 4.69) is 5.32 Å². The Balaban J connectivity index is 2.32. The summed E-state index contributed by atoms with van der Waals surface area (Å²) in [5.41, 5.74) is 7.36. The average molecular weight is 249 g/mol. The maximum absolute atomic E-state index is 12.1. The van der Waals surface area contributed by atoms with Crippen LogP contribution in [0, 0.1) is 0 Å². The molecule has 0 bridgehead atoms. The summed E-state index contributed by atoms with van der Waals surface area (Å²) in [6, 6.07) is 5.17. The Hall–Kier alpha value is -1.75. The molecule has 1 aliphatic carbocycles. The van der Waals surface area contributed by atoms with E-state index in [0.717, 1.165) is 12.8 Å². The fourth-order valence-electron chi connectivity index (χ4n) is 1.85. The lowest BCUT2D eigenvalue weighted by atomic mass is 10.1. The van der Waals surface area contributed by atoms with Crippen molar-refractivity contribution in [3.05, 3.63) is 23.8 Å². The van der Waals surface area contributed by atoms with Crippen LogP contribution in [0.3, 0.4) is 0 Å². The van der Waals surface area contributed by atoms with Gasteiger partial charge in [0.25, 0.3) is 5.91 Å². The number of nitrogen functional groups attached to an aromatic ring is 1. The molecule has 0 aliphatic heterocycles. The lowest BCUT2D eigenvalue weighted by molar-refractivity contribution is 0.0828. The molecule has 0 spiro atoms. The first-order valence-electron chi connectivity index (χ1n) is 5.98. The zero-order valence-corrected chi connectivity index (χ0v) is 10.7. The number of aliphatic hydroxyl groups is 1. The van der Waals surface area contributed by atoms with Crippen molar-refractivity contribution < 1.29 is 9.90 Å². The van der Waals surface area contributed by atoms with Crippen molar-refractivity contribution >= 4 is 17.3 Å². The first-order chi connectivity index (χ1) is 8.47. The van der Waals surface area contributed by atoms with Crippen LogP contribution >= 0.6 is 0 Å². The van der Waals surface area contributed by atoms with Crippen molar-refractivity contribution in [3.63, 3.8) is 0 Å². The first-order valence-corrected chi connectivity index (χ1v) is 5.98. The van der Waals surface area contributed by atoms with Gasteiger partial charge in [0.05, 0.1) is 17.7 Å². The summed E-state index contributed by atoms with van der Waals surface area (Å²) >= 11 is 0. The standard InChI is InChI=1S/C13H19N3O2/c1-16(2)12(18)10-4-3-9(14)7-11(10)15-13(8-17)5-6-13/h3-4,7,15,17H,5-6,8,14H2,1-2H3. The quantitative estimate of drug-likeness (QED) is 0.693. The summed E-state index contributed by atoms with van der Waals surface area (Å²) in [4.78, 5) is 13.6. The average Bonchev–Trinajstić information content (AvgIpc) is 3.09. The van der Waals surface area contributed by atoms with Gasteiger partial charge in [-0.25, -0.2) is 0 Å². The number of carbonyl (C=O) groups excluding carboxylic acids is 1. The van der Waals surface area contributed by atoms with Crippen molar-refractivity contribution in [2.45, 2.75) is 18.4 Å². The minimum atomic E-state index is -0.269. The predicted molar refractivity (Wildman–Crippen MR) is 71.5 cm³/mol. The normalized spacial score (nSPS) is 16.2. The molecule has 98 valence electrons. The number of nitrogens with zero attached hydrogens (tertiary/aromatic N) is 1. The predicted octanol–water partition coefficient (Wildman–Crippen LogP) is 0.907. The van der Waals surface area contributed by atoms with Gasteiger partial charge >= 0.3 is 0 Å². The molecule has 1 aromatic carbocycles. The zero-order chi connectivity index (χ0) is 13.3. The number of benzene rings is 1. The smallest absolute Gasteiger partial charge is 0.255 e. The number of aliphatic hydroxyl groups excluding tert-OH is 1. The SMILES string of the molecule is CN(C)C(=O)c1ccc(N)cc1NC1(CO)CC1. The molecule has 0 atom stereocenters. The van der Waals surface area contributed by atoms with Crippen molar-refractivity contribution in [1.82, 2.24) is 4.90 Å². The highest BCUT2D eigenvalue weighted by molar-refractivity contribution is 6.00. The molecule has 2 rings (SSSR count). The molecule has 0 aromatic heterocycles. The molecule has 0 saturated heterocycles. The summed E-state index contributed by atoms with van der Waals surface area (Å²) < 4.78 is 0. The Morgan fingerprint density at radius 2 is 2.17 bits per heavy atom. The molecule has 1 saturated carbocycles. The van der Waals surface area contributed by atoms with Crippen LogP contribution in [-0.2, 0) is 0 Å². The van der Waals surface area contributed by atoms with E-state index in [1.165, 1.54) is 4.90 Å². The molecule has 1 fully saturated rings. The zero-order valence-electron chi connectivity index (χ0n) is 10.7. The number of anilines is 2. The third kappa shape index (κ3) is 2.41. The Morgan fingerprint density at radius 3 is 2.67 bits per heavy atom. The Bertz CT molecular complexity index is 467. The third-order valence-electron chi connectivity index (χ3n) is 3.24. The lowest BCUT2D eigenvalue weighted by Gasteiger charge is -2.20. The van der Waals surface area contributed by atoms with Gasteiger partial charge in [0.1, 0.15) is 0 Å². The summed E-state index contributed by atoms with van der Waals surface area (Å²) in [6.07, 6.45) is 1.82. The van der Waals surface area contributed by atoms with E-state index in [1.807, 2.05) is 0 Å². The molecule has 0 unspecified atom stereocenters. The van der Waals surface area contributed by atoms with E-state index >= 15 is 0 Å². The van der Waals surface area contributed by atoms with Crippen molar-refractivity contribution in [2.75, 3.05) is 31.8 Å². The molecule has 18 heavy (non-hydrogen) atoms. The highest BCUT2D eigenvalue weighted by Crippen LogP contribution is 2.39. The van der Waals surface area contributed by atoms with E-state index in [1.54, 1.807) is 32.3 Å². The molecule has 1 aliphatic rings. The first kappa shape index (κ1) is 12.7. The second-order valence-electron chi connectivity index (χ2n) is 5.07. The summed E-state index contributed by atoms with van der Waals surface area (Å²) in [5.74, 6) is -0.0776. The molecule has 5 heteroatoms. The van der Waals surface area contributed by atoms with E-state index in [4.69, 9.17) is 5.73 Å². The highest BCUT2D eigenvalue weighted by atomic mass is 16.3. The van der Waals surface area contributed by atoms with E-state index in [0.29, 0.717) is 16.9 Å². The molecule has 5 nitrogen and oxygen atoms in total. The van der Waals surface area contributed by atoms with Crippen LogP contribution in [0.1, 0.15) is 23.2 Å². The fourth-order valence-corrected chi connectivity index (χ4v) is 1.85. The fraction of sp³-hybridized carbons (Fsp3) is 0.462. The lowest BCUT2D eigenvalue weighted by Crippen LogP contribution is -2.29. The van der Waals surface area contributed by atoms with Crippen LogP contribution in [-0.4, -0.2) is 42.2 Å². The van der Waals surface area contributed by atoms with Crippen molar-refractivity contribution in [1.29, 1.82) is 0 Å². The van der Waals surface area contributed by atoms with Gasteiger partial charge in [-0.15, -0.1) is 0 Å². The Morgan fingerprint density at radius 1 is 1.50 bits per heavy atom. The van der Waals surface area contributed by atoms with Crippen LogP contribution in [0.5, 0.6) is 0 Å². The number of carbonyl (C=O) groups is 1. The van der Waals surface area contributed by atoms with Gasteiger partial charge in [0.15, 0.2) is 0 Å². The molecule has 1 aromatic rings. The topological polar surface area (TPSA) is 78.6 Å². The van der Waals surface area contributed by atoms with Gasteiger partial charge in [-0.2, -0.15) is 0 Å². The van der Waals surface area contributed by atoms with Crippen LogP contribution in [0.2, 0.25) is 0 Å². The second kappa shape index (κ2) is 4.49. The minimum absolute atomic E-state index is 0.0669. The summed E-state index contributed by atoms with van der Waals surface area (Å²) in [6.45, 7) is 0.0669. The van der Waals surface area contributed by atoms with E-state index < -0.39 is 0 Å². The van der Waals surface area contributed by atoms with Gasteiger partial charge < -0.3 is 21.1 Å². The number of rotatable bonds is 4. The van der Waals surface area contributed by atoms with Crippen LogP contribution in [0.15, 0.2) is 18.2 Å². The summed E-state index contributed by atoms with van der Waals surface area (Å²) in [7, 11) is 3.42. The maximum atomic E-state index is 12.1. The maximum Gasteiger partial charge on any atom is 0.255 e. The number of nitrogens with one attached hydrogen (secondary N) is 1. The van der Waals surface area contributed by atoms with Crippen molar-refractivity contribution in [2.24, 2.45) is 0 Å². The summed E-state index contributed by atoms with van der Waals surface area (Å²) in [5, 5.41) is 12.6. The van der Waals surface area contributed by atoms with Gasteiger partial charge in [-0.1, -0.05) is 0 Å². The highest BCUT2D eigenvalue weighted by Gasteiger charge is 2.42. The van der Waals surface area contributed by atoms with E-state index in [9.17, 15) is 9.90 Å². The molecular formula is C13H19N3O2. The largest absolute Gasteiger partial charge is 0.399 e. The van der Waals surface area contributed by atoms with Crippen molar-refractivity contribution in [3.8, 4) is 0 Å². The van der Waals surface area contributed by atoms with Gasteiger partial charge in [-0.3, -0.25) is 4.79 Å². The van der Waals surface area contributed by atoms with Crippen LogP contribution in [0.4, 0.5) is 11.4 Å². The number of hydrogen-bond acceptors (Lipinski definition) is 4. The molecule has 0 radical (unpaired) electrons. The Kier molecular flexibility index (Phi) is 3.17. The molecule has 1 amide bonds. The van der Waals surface area contributed by atoms with Crippen LogP contribution in [0.25, 0.3) is 0 Å². The minimum Gasteiger partial charge on any atom is -0.399 e. The molecule has 0 heterocycles. The monoisotopic (exact) mass is 249 g/mol. The van der Waals surface area contributed by atoms with Gasteiger partial charge in [-0.05, 0) is 31.0 Å². The Labute approximate surface area is 107 Å². The van der Waals surface area contributed by atoms with E-state index in [-0.39, 0.29) is 18.1 Å². The van der Waals surface area contributed by atoms with Gasteiger partial charge in [0.2, 0.25) is 0 Å². The molecular weight excluding hydrogens is 230 g/mol. The second-order valence-corrected chi connectivity index (χ2v) is 5.07. The van der Waals surface area contributed by atoms with Gasteiger partial charge in [0, 0.05) is 25.5 Å². The molecule has 4 N–H and O–H groups in total. The number of amides is 1. The number of hydrogen-bond donors (Lipinski definition) is 3. The number of nitrogens with two attached hydrogens (primary N) is 1. The third-order valence-corrected chi connectivity index (χ3v) is 3.24.